The van der Waals surface area contributed by atoms with Crippen LogP contribution in [0.1, 0.15) is 25.3 Å². The summed E-state index contributed by atoms with van der Waals surface area (Å²) in [5.74, 6) is 0.660. The predicted molar refractivity (Wildman–Crippen MR) is 99.4 cm³/mol. The Morgan fingerprint density at radius 1 is 1.38 bits per heavy atom. The number of hydrogen-bond donors (Lipinski definition) is 2. The average molecular weight is 366 g/mol. The summed E-state index contributed by atoms with van der Waals surface area (Å²) >= 11 is 7.45. The Kier molecular flexibility index (Phi) is 5.20. The fourth-order valence-corrected chi connectivity index (χ4v) is 3.70. The van der Waals surface area contributed by atoms with Gasteiger partial charge in [-0.3, -0.25) is 5.32 Å². The van der Waals surface area contributed by atoms with Gasteiger partial charge in [-0.25, -0.2) is 4.79 Å². The molecular weight excluding hydrogens is 346 g/mol. The zero-order valence-electron chi connectivity index (χ0n) is 13.7. The number of halogens is 1. The average Bonchev–Trinajstić information content (AvgIpc) is 3.00. The number of benzene rings is 1. The summed E-state index contributed by atoms with van der Waals surface area (Å²) in [6.45, 7) is 6.08. The summed E-state index contributed by atoms with van der Waals surface area (Å²) < 4.78 is 0. The van der Waals surface area contributed by atoms with E-state index in [4.69, 9.17) is 11.6 Å². The van der Waals surface area contributed by atoms with Crippen molar-refractivity contribution in [3.05, 3.63) is 28.8 Å². The quantitative estimate of drug-likeness (QED) is 0.846. The molecule has 1 fully saturated rings. The van der Waals surface area contributed by atoms with Gasteiger partial charge in [-0.05, 0) is 43.4 Å². The first kappa shape index (κ1) is 17.0. The lowest BCUT2D eigenvalue weighted by Gasteiger charge is -2.29. The molecule has 3 rings (SSSR count). The number of rotatable bonds is 3. The van der Waals surface area contributed by atoms with Crippen molar-refractivity contribution in [2.24, 2.45) is 5.92 Å². The number of urea groups is 1. The van der Waals surface area contributed by atoms with Crippen molar-refractivity contribution in [2.75, 3.05) is 28.6 Å². The molecule has 1 aromatic carbocycles. The van der Waals surface area contributed by atoms with Crippen LogP contribution in [0.3, 0.4) is 0 Å². The molecule has 1 saturated heterocycles. The van der Waals surface area contributed by atoms with Crippen molar-refractivity contribution >= 4 is 44.9 Å². The minimum atomic E-state index is -0.352. The molecule has 1 aromatic heterocycles. The van der Waals surface area contributed by atoms with E-state index in [2.05, 4.69) is 32.7 Å². The van der Waals surface area contributed by atoms with Crippen LogP contribution in [0.15, 0.2) is 18.2 Å². The van der Waals surface area contributed by atoms with E-state index >= 15 is 0 Å². The lowest BCUT2D eigenvalue weighted by Crippen LogP contribution is -2.34. The second kappa shape index (κ2) is 7.36. The van der Waals surface area contributed by atoms with Crippen molar-refractivity contribution in [3.63, 3.8) is 0 Å². The Labute approximate surface area is 150 Å². The number of anilines is 3. The van der Waals surface area contributed by atoms with Gasteiger partial charge in [0, 0.05) is 23.8 Å². The number of nitrogens with one attached hydrogen (secondary N) is 2. The monoisotopic (exact) mass is 365 g/mol. The maximum atomic E-state index is 12.1. The molecule has 1 atom stereocenters. The molecule has 0 bridgehead atoms. The summed E-state index contributed by atoms with van der Waals surface area (Å²) in [6.07, 6.45) is 2.42. The van der Waals surface area contributed by atoms with Crippen LogP contribution in [0.4, 0.5) is 20.7 Å². The van der Waals surface area contributed by atoms with Crippen LogP contribution < -0.4 is 15.5 Å². The normalized spacial score (nSPS) is 17.6. The number of hydrogen-bond acceptors (Lipinski definition) is 5. The number of amides is 2. The Morgan fingerprint density at radius 2 is 2.21 bits per heavy atom. The molecule has 2 N–H and O–H groups in total. The van der Waals surface area contributed by atoms with Gasteiger partial charge in [0.25, 0.3) is 0 Å². The SMILES string of the molecule is Cc1c(Cl)cccc1NC(=O)Nc1nnc(N2CCC[C@@H](C)C2)s1. The largest absolute Gasteiger partial charge is 0.346 e. The van der Waals surface area contributed by atoms with Gasteiger partial charge in [-0.1, -0.05) is 35.9 Å². The minimum Gasteiger partial charge on any atom is -0.346 e. The molecule has 1 aliphatic rings. The van der Waals surface area contributed by atoms with Crippen molar-refractivity contribution < 1.29 is 4.79 Å². The van der Waals surface area contributed by atoms with Gasteiger partial charge in [0.15, 0.2) is 0 Å². The van der Waals surface area contributed by atoms with Gasteiger partial charge < -0.3 is 10.2 Å². The lowest BCUT2D eigenvalue weighted by molar-refractivity contribution is 0.262. The van der Waals surface area contributed by atoms with E-state index in [1.165, 1.54) is 17.8 Å². The summed E-state index contributed by atoms with van der Waals surface area (Å²) in [7, 11) is 0. The first-order valence-corrected chi connectivity index (χ1v) is 9.14. The second-order valence-corrected chi connectivity index (χ2v) is 7.44. The molecule has 2 amide bonds. The number of aromatic nitrogens is 2. The van der Waals surface area contributed by atoms with Gasteiger partial charge >= 0.3 is 6.03 Å². The fraction of sp³-hybridized carbons (Fsp3) is 0.438. The third-order valence-electron chi connectivity index (χ3n) is 4.08. The van der Waals surface area contributed by atoms with Gasteiger partial charge in [0.1, 0.15) is 0 Å². The number of carbonyl (C=O) groups excluding carboxylic acids is 1. The highest BCUT2D eigenvalue weighted by Gasteiger charge is 2.20. The van der Waals surface area contributed by atoms with Crippen molar-refractivity contribution in [3.8, 4) is 0 Å². The molecule has 1 aliphatic heterocycles. The number of piperidine rings is 1. The smallest absolute Gasteiger partial charge is 0.325 e. The highest BCUT2D eigenvalue weighted by Crippen LogP contribution is 2.28. The van der Waals surface area contributed by atoms with Crippen LogP contribution in [0, 0.1) is 12.8 Å². The van der Waals surface area contributed by atoms with Crippen molar-refractivity contribution in [2.45, 2.75) is 26.7 Å². The lowest BCUT2D eigenvalue weighted by atomic mass is 10.0. The zero-order chi connectivity index (χ0) is 17.1. The molecule has 0 saturated carbocycles. The highest BCUT2D eigenvalue weighted by atomic mass is 35.5. The Hall–Kier alpha value is -1.86. The summed E-state index contributed by atoms with van der Waals surface area (Å²) in [4.78, 5) is 14.4. The summed E-state index contributed by atoms with van der Waals surface area (Å²) in [5, 5.41) is 15.7. The number of nitrogens with zero attached hydrogens (tertiary/aromatic N) is 3. The standard InChI is InChI=1S/C16H20ClN5OS/c1-10-5-4-8-22(9-10)16-21-20-15(24-16)19-14(23)18-13-7-3-6-12(17)11(13)2/h3,6-7,10H,4-5,8-9H2,1-2H3,(H2,18,19,20,23)/t10-/m1/s1. The van der Waals surface area contributed by atoms with Crippen LogP contribution in [-0.2, 0) is 0 Å². The van der Waals surface area contributed by atoms with E-state index in [1.54, 1.807) is 18.2 Å². The van der Waals surface area contributed by atoms with Crippen molar-refractivity contribution in [1.29, 1.82) is 0 Å². The van der Waals surface area contributed by atoms with E-state index in [9.17, 15) is 4.79 Å². The van der Waals surface area contributed by atoms with E-state index in [-0.39, 0.29) is 6.03 Å². The van der Waals surface area contributed by atoms with Crippen LogP contribution in [0.25, 0.3) is 0 Å². The van der Waals surface area contributed by atoms with Crippen LogP contribution in [-0.4, -0.2) is 29.3 Å². The third-order valence-corrected chi connectivity index (χ3v) is 5.39. The molecule has 24 heavy (non-hydrogen) atoms. The molecule has 0 unspecified atom stereocenters. The van der Waals surface area contributed by atoms with E-state index < -0.39 is 0 Å². The molecule has 8 heteroatoms. The maximum Gasteiger partial charge on any atom is 0.325 e. The molecule has 6 nitrogen and oxygen atoms in total. The van der Waals surface area contributed by atoms with Crippen LogP contribution in [0.5, 0.6) is 0 Å². The molecule has 128 valence electrons. The minimum absolute atomic E-state index is 0.352. The number of carbonyl (C=O) groups is 1. The van der Waals surface area contributed by atoms with E-state index in [0.717, 1.165) is 30.2 Å². The zero-order valence-corrected chi connectivity index (χ0v) is 15.2. The van der Waals surface area contributed by atoms with Crippen LogP contribution >= 0.6 is 22.9 Å². The predicted octanol–water partition coefficient (Wildman–Crippen LogP) is 4.38. The van der Waals surface area contributed by atoms with Gasteiger partial charge in [-0.15, -0.1) is 10.2 Å². The Morgan fingerprint density at radius 3 is 3.00 bits per heavy atom. The Bertz CT molecular complexity index is 735. The first-order valence-electron chi connectivity index (χ1n) is 7.94. The second-order valence-electron chi connectivity index (χ2n) is 6.07. The van der Waals surface area contributed by atoms with Gasteiger partial charge in [0.2, 0.25) is 10.3 Å². The summed E-state index contributed by atoms with van der Waals surface area (Å²) in [5.41, 5.74) is 1.50. The molecule has 2 aromatic rings. The maximum absolute atomic E-state index is 12.1. The van der Waals surface area contributed by atoms with E-state index in [0.29, 0.717) is 21.8 Å². The van der Waals surface area contributed by atoms with Gasteiger partial charge in [-0.2, -0.15) is 0 Å². The molecule has 0 radical (unpaired) electrons. The Balaban J connectivity index is 1.62. The first-order chi connectivity index (χ1) is 11.5. The molecular formula is C16H20ClN5OS. The van der Waals surface area contributed by atoms with Crippen molar-refractivity contribution in [1.82, 2.24) is 10.2 Å². The summed E-state index contributed by atoms with van der Waals surface area (Å²) in [6, 6.07) is 5.04. The molecule has 0 spiro atoms. The van der Waals surface area contributed by atoms with Crippen LogP contribution in [0.2, 0.25) is 5.02 Å². The molecule has 0 aliphatic carbocycles. The van der Waals surface area contributed by atoms with Gasteiger partial charge in [0.05, 0.1) is 0 Å². The topological polar surface area (TPSA) is 70.1 Å². The highest BCUT2D eigenvalue weighted by molar-refractivity contribution is 7.19. The molecule has 2 heterocycles. The fourth-order valence-electron chi connectivity index (χ4n) is 2.75. The third kappa shape index (κ3) is 3.96. The van der Waals surface area contributed by atoms with E-state index in [1.807, 2.05) is 6.92 Å².